The molecule has 3 rings (SSSR count). The van der Waals surface area contributed by atoms with E-state index in [0.29, 0.717) is 17.1 Å². The van der Waals surface area contributed by atoms with Gasteiger partial charge in [-0.15, -0.1) is 5.10 Å². The summed E-state index contributed by atoms with van der Waals surface area (Å²) in [6, 6.07) is 6.14. The number of nitrogens with one attached hydrogen (secondary N) is 1. The molecule has 0 fully saturated rings. The number of carbonyl (C=O) groups is 1. The molecule has 11 heteroatoms. The molecule has 0 aliphatic heterocycles. The van der Waals surface area contributed by atoms with Crippen molar-refractivity contribution in [3.8, 4) is 11.8 Å². The molecule has 0 aliphatic rings. The quantitative estimate of drug-likeness (QED) is 0.702. The van der Waals surface area contributed by atoms with Crippen LogP contribution in [-0.4, -0.2) is 45.4 Å². The Balaban J connectivity index is 1.67. The zero-order chi connectivity index (χ0) is 19.4. The van der Waals surface area contributed by atoms with Crippen LogP contribution < -0.4 is 14.8 Å². The number of nitrogens with zero attached hydrogens (tertiary/aromatic N) is 4. The van der Waals surface area contributed by atoms with Gasteiger partial charge < -0.3 is 14.8 Å². The number of hydrogen-bond acceptors (Lipinski definition) is 6. The number of aromatic nitrogens is 4. The van der Waals surface area contributed by atoms with Gasteiger partial charge in [0.2, 0.25) is 11.8 Å². The fourth-order valence-corrected chi connectivity index (χ4v) is 2.19. The van der Waals surface area contributed by atoms with Crippen LogP contribution in [0.4, 0.5) is 13.2 Å². The standard InChI is InChI=1S/C16H14F3N5O3/c1-26-13-3-2-12-21-8-11(24(12)23-13)15(25)22-7-10-4-5-20-14(6-10)27-9-16(17,18)19/h2-6,8H,7,9H2,1H3,(H,22,25). The minimum absolute atomic E-state index is 0.0565. The van der Waals surface area contributed by atoms with Gasteiger partial charge in [-0.2, -0.15) is 13.2 Å². The average Bonchev–Trinajstić information content (AvgIpc) is 3.07. The van der Waals surface area contributed by atoms with E-state index in [1.807, 2.05) is 0 Å². The second-order valence-corrected chi connectivity index (χ2v) is 5.38. The number of carbonyl (C=O) groups excluding carboxylic acids is 1. The maximum atomic E-state index is 12.4. The highest BCUT2D eigenvalue weighted by Gasteiger charge is 2.28. The summed E-state index contributed by atoms with van der Waals surface area (Å²) >= 11 is 0. The number of imidazole rings is 1. The van der Waals surface area contributed by atoms with Gasteiger partial charge in [0, 0.05) is 24.9 Å². The summed E-state index contributed by atoms with van der Waals surface area (Å²) in [7, 11) is 1.45. The molecule has 0 atom stereocenters. The zero-order valence-electron chi connectivity index (χ0n) is 14.0. The molecule has 3 aromatic heterocycles. The minimum atomic E-state index is -4.46. The molecule has 142 valence electrons. The van der Waals surface area contributed by atoms with Crippen LogP contribution in [0.1, 0.15) is 16.1 Å². The smallest absolute Gasteiger partial charge is 0.422 e. The van der Waals surface area contributed by atoms with Crippen molar-refractivity contribution in [3.63, 3.8) is 0 Å². The average molecular weight is 381 g/mol. The van der Waals surface area contributed by atoms with Crippen LogP contribution in [0.2, 0.25) is 0 Å². The molecule has 0 saturated carbocycles. The number of ether oxygens (including phenoxy) is 2. The Morgan fingerprint density at radius 1 is 1.22 bits per heavy atom. The van der Waals surface area contributed by atoms with Crippen molar-refractivity contribution >= 4 is 11.6 Å². The molecule has 0 bridgehead atoms. The predicted octanol–water partition coefficient (Wildman–Crippen LogP) is 2.00. The van der Waals surface area contributed by atoms with E-state index < -0.39 is 18.7 Å². The van der Waals surface area contributed by atoms with Gasteiger partial charge in [0.25, 0.3) is 5.91 Å². The Bertz CT molecular complexity index is 958. The fraction of sp³-hybridized carbons (Fsp3) is 0.250. The number of alkyl halides is 3. The van der Waals surface area contributed by atoms with Crippen LogP contribution in [0, 0.1) is 0 Å². The summed E-state index contributed by atoms with van der Waals surface area (Å²) in [4.78, 5) is 20.2. The molecule has 0 spiro atoms. The van der Waals surface area contributed by atoms with Crippen molar-refractivity contribution in [1.82, 2.24) is 24.9 Å². The first-order valence-electron chi connectivity index (χ1n) is 7.67. The lowest BCUT2D eigenvalue weighted by Crippen LogP contribution is -2.25. The van der Waals surface area contributed by atoms with Crippen molar-refractivity contribution in [2.75, 3.05) is 13.7 Å². The molecule has 3 aromatic rings. The van der Waals surface area contributed by atoms with E-state index in [0.717, 1.165) is 0 Å². The molecule has 0 unspecified atom stereocenters. The summed E-state index contributed by atoms with van der Waals surface area (Å²) in [5.41, 5.74) is 1.18. The summed E-state index contributed by atoms with van der Waals surface area (Å²) in [6.07, 6.45) is -1.79. The molecule has 3 heterocycles. The first-order chi connectivity index (χ1) is 12.9. The third-order valence-electron chi connectivity index (χ3n) is 3.42. The summed E-state index contributed by atoms with van der Waals surface area (Å²) < 4.78 is 47.5. The molecule has 0 saturated heterocycles. The maximum Gasteiger partial charge on any atom is 0.422 e. The highest BCUT2D eigenvalue weighted by molar-refractivity contribution is 5.93. The molecule has 0 radical (unpaired) electrons. The number of fused-ring (bicyclic) bond motifs is 1. The monoisotopic (exact) mass is 381 g/mol. The summed E-state index contributed by atoms with van der Waals surface area (Å²) in [6.45, 7) is -1.38. The van der Waals surface area contributed by atoms with Gasteiger partial charge in [-0.1, -0.05) is 0 Å². The molecule has 8 nitrogen and oxygen atoms in total. The fourth-order valence-electron chi connectivity index (χ4n) is 2.19. The maximum absolute atomic E-state index is 12.4. The van der Waals surface area contributed by atoms with Crippen LogP contribution >= 0.6 is 0 Å². The van der Waals surface area contributed by atoms with Gasteiger partial charge in [0.1, 0.15) is 0 Å². The molecule has 0 aliphatic carbocycles. The second kappa shape index (κ2) is 7.48. The predicted molar refractivity (Wildman–Crippen MR) is 86.5 cm³/mol. The van der Waals surface area contributed by atoms with Crippen molar-refractivity contribution in [2.45, 2.75) is 12.7 Å². The van der Waals surface area contributed by atoms with Crippen LogP contribution in [0.15, 0.2) is 36.7 Å². The SMILES string of the molecule is COc1ccc2ncc(C(=O)NCc3ccnc(OCC(F)(F)F)c3)n2n1. The van der Waals surface area contributed by atoms with Crippen LogP contribution in [0.25, 0.3) is 5.65 Å². The largest absolute Gasteiger partial charge is 0.480 e. The van der Waals surface area contributed by atoms with E-state index in [-0.39, 0.29) is 18.1 Å². The molecule has 0 aromatic carbocycles. The van der Waals surface area contributed by atoms with E-state index in [1.54, 1.807) is 18.2 Å². The van der Waals surface area contributed by atoms with Crippen molar-refractivity contribution < 1.29 is 27.4 Å². The second-order valence-electron chi connectivity index (χ2n) is 5.38. The third kappa shape index (κ3) is 4.63. The number of amides is 1. The Kier molecular flexibility index (Phi) is 5.10. The summed E-state index contributed by atoms with van der Waals surface area (Å²) in [5, 5.41) is 6.77. The zero-order valence-corrected chi connectivity index (χ0v) is 14.0. The number of pyridine rings is 1. The van der Waals surface area contributed by atoms with Gasteiger partial charge in [0.05, 0.1) is 13.3 Å². The normalized spacial score (nSPS) is 11.4. The van der Waals surface area contributed by atoms with Gasteiger partial charge in [-0.3, -0.25) is 4.79 Å². The Morgan fingerprint density at radius 2 is 2.04 bits per heavy atom. The number of halogens is 3. The lowest BCUT2D eigenvalue weighted by atomic mass is 10.2. The van der Waals surface area contributed by atoms with Crippen molar-refractivity contribution in [1.29, 1.82) is 0 Å². The first-order valence-corrected chi connectivity index (χ1v) is 7.67. The van der Waals surface area contributed by atoms with Crippen LogP contribution in [0.3, 0.4) is 0 Å². The van der Waals surface area contributed by atoms with E-state index in [2.05, 4.69) is 25.1 Å². The van der Waals surface area contributed by atoms with Crippen molar-refractivity contribution in [2.24, 2.45) is 0 Å². The first kappa shape index (κ1) is 18.4. The number of rotatable bonds is 6. The van der Waals surface area contributed by atoms with Gasteiger partial charge in [-0.25, -0.2) is 14.5 Å². The minimum Gasteiger partial charge on any atom is -0.480 e. The highest BCUT2D eigenvalue weighted by atomic mass is 19.4. The topological polar surface area (TPSA) is 90.6 Å². The third-order valence-corrected chi connectivity index (χ3v) is 3.42. The Labute approximate surface area is 150 Å². The summed E-state index contributed by atoms with van der Waals surface area (Å²) in [5.74, 6) is -0.326. The molecular weight excluding hydrogens is 367 g/mol. The van der Waals surface area contributed by atoms with Gasteiger partial charge in [0.15, 0.2) is 17.9 Å². The number of methoxy groups -OCH3 is 1. The Hall–Kier alpha value is -3.37. The van der Waals surface area contributed by atoms with Crippen LogP contribution in [-0.2, 0) is 6.54 Å². The molecule has 1 amide bonds. The highest BCUT2D eigenvalue weighted by Crippen LogP contribution is 2.17. The molecule has 1 N–H and O–H groups in total. The lowest BCUT2D eigenvalue weighted by Gasteiger charge is -2.10. The van der Waals surface area contributed by atoms with E-state index in [1.165, 1.54) is 30.1 Å². The van der Waals surface area contributed by atoms with Gasteiger partial charge in [-0.05, 0) is 17.7 Å². The Morgan fingerprint density at radius 3 is 2.78 bits per heavy atom. The van der Waals surface area contributed by atoms with Gasteiger partial charge >= 0.3 is 6.18 Å². The molecular formula is C16H14F3N5O3. The van der Waals surface area contributed by atoms with E-state index in [9.17, 15) is 18.0 Å². The van der Waals surface area contributed by atoms with E-state index >= 15 is 0 Å². The van der Waals surface area contributed by atoms with E-state index in [4.69, 9.17) is 4.74 Å². The van der Waals surface area contributed by atoms with Crippen LogP contribution in [0.5, 0.6) is 11.8 Å². The van der Waals surface area contributed by atoms with Crippen molar-refractivity contribution in [3.05, 3.63) is 47.9 Å². The molecule has 27 heavy (non-hydrogen) atoms. The number of hydrogen-bond donors (Lipinski definition) is 1. The lowest BCUT2D eigenvalue weighted by molar-refractivity contribution is -0.154.